The highest BCUT2D eigenvalue weighted by atomic mass is 16.6. The van der Waals surface area contributed by atoms with Crippen molar-refractivity contribution in [1.29, 1.82) is 0 Å². The number of piperidine rings is 1. The Labute approximate surface area is 186 Å². The molecular weight excluding hydrogens is 416 g/mol. The Bertz CT molecular complexity index is 1020. The highest BCUT2D eigenvalue weighted by Crippen LogP contribution is 2.32. The summed E-state index contributed by atoms with van der Waals surface area (Å²) in [5, 5.41) is 11.6. The number of ether oxygens (including phenoxy) is 3. The van der Waals surface area contributed by atoms with E-state index in [2.05, 4.69) is 6.92 Å². The maximum Gasteiger partial charge on any atom is 0.338 e. The monoisotopic (exact) mass is 442 g/mol. The Hall–Kier alpha value is -3.62. The van der Waals surface area contributed by atoms with E-state index in [1.807, 2.05) is 4.90 Å². The number of nitro groups is 1. The molecule has 3 rings (SSSR count). The van der Waals surface area contributed by atoms with Crippen LogP contribution in [0.15, 0.2) is 36.4 Å². The average molecular weight is 442 g/mol. The van der Waals surface area contributed by atoms with Crippen molar-refractivity contribution in [1.82, 2.24) is 0 Å². The van der Waals surface area contributed by atoms with Crippen molar-refractivity contribution in [3.8, 4) is 11.5 Å². The SMILES string of the molecule is COc1ccc(OC)c(C(=O)COC(=O)c2ccc(N3CCCC(C)C3)c([N+](=O)[O-])c2)c1. The number of Topliss-reactive ketones (excluding diaryl/α,β-unsaturated/α-hetero) is 1. The van der Waals surface area contributed by atoms with Gasteiger partial charge < -0.3 is 19.1 Å². The van der Waals surface area contributed by atoms with Crippen LogP contribution in [0, 0.1) is 16.0 Å². The fourth-order valence-electron chi connectivity index (χ4n) is 3.80. The fraction of sp³-hybridized carbons (Fsp3) is 0.391. The fourth-order valence-corrected chi connectivity index (χ4v) is 3.80. The third-order valence-electron chi connectivity index (χ3n) is 5.45. The van der Waals surface area contributed by atoms with E-state index in [9.17, 15) is 19.7 Å². The van der Waals surface area contributed by atoms with Crippen LogP contribution in [0.1, 0.15) is 40.5 Å². The van der Waals surface area contributed by atoms with Crippen molar-refractivity contribution < 1.29 is 28.7 Å². The molecule has 1 heterocycles. The number of esters is 1. The van der Waals surface area contributed by atoms with Crippen molar-refractivity contribution in [2.24, 2.45) is 5.92 Å². The maximum absolute atomic E-state index is 12.6. The zero-order valence-corrected chi connectivity index (χ0v) is 18.3. The number of benzene rings is 2. The molecule has 0 bridgehead atoms. The number of ketones is 1. The predicted octanol–water partition coefficient (Wildman–Crippen LogP) is 3.89. The molecular formula is C23H26N2O7. The van der Waals surface area contributed by atoms with Crippen LogP contribution in [0.5, 0.6) is 11.5 Å². The van der Waals surface area contributed by atoms with Crippen LogP contribution in [0.4, 0.5) is 11.4 Å². The predicted molar refractivity (Wildman–Crippen MR) is 118 cm³/mol. The van der Waals surface area contributed by atoms with E-state index in [-0.39, 0.29) is 16.8 Å². The molecule has 0 spiro atoms. The van der Waals surface area contributed by atoms with Crippen LogP contribution in [0.2, 0.25) is 0 Å². The van der Waals surface area contributed by atoms with Crippen LogP contribution in [0.25, 0.3) is 0 Å². The van der Waals surface area contributed by atoms with Gasteiger partial charge in [0.15, 0.2) is 6.61 Å². The Kier molecular flexibility index (Phi) is 7.29. The Balaban J connectivity index is 1.75. The zero-order valence-electron chi connectivity index (χ0n) is 18.3. The van der Waals surface area contributed by atoms with Crippen LogP contribution in [-0.4, -0.2) is 50.6 Å². The topological polar surface area (TPSA) is 108 Å². The first-order chi connectivity index (χ1) is 15.3. The standard InChI is InChI=1S/C23H26N2O7/c1-15-5-4-10-24(13-15)19-8-6-16(11-20(19)25(28)29)23(27)32-14-21(26)18-12-17(30-2)7-9-22(18)31-3/h6-9,11-12,15H,4-5,10,13-14H2,1-3H3. The number of anilines is 1. The van der Waals surface area contributed by atoms with E-state index >= 15 is 0 Å². The first kappa shape index (κ1) is 23.1. The number of methoxy groups -OCH3 is 2. The number of carbonyl (C=O) groups excluding carboxylic acids is 2. The lowest BCUT2D eigenvalue weighted by Crippen LogP contribution is -2.34. The Morgan fingerprint density at radius 1 is 1.16 bits per heavy atom. The minimum Gasteiger partial charge on any atom is -0.497 e. The van der Waals surface area contributed by atoms with Gasteiger partial charge >= 0.3 is 5.97 Å². The zero-order chi connectivity index (χ0) is 23.3. The second-order valence-electron chi connectivity index (χ2n) is 7.72. The largest absolute Gasteiger partial charge is 0.497 e. The van der Waals surface area contributed by atoms with Gasteiger partial charge in [-0.25, -0.2) is 4.79 Å². The summed E-state index contributed by atoms with van der Waals surface area (Å²) in [4.78, 5) is 38.2. The molecule has 1 atom stereocenters. The van der Waals surface area contributed by atoms with Crippen molar-refractivity contribution in [2.75, 3.05) is 38.8 Å². The summed E-state index contributed by atoms with van der Waals surface area (Å²) in [6.07, 6.45) is 2.04. The minimum atomic E-state index is -0.818. The molecule has 9 heteroatoms. The van der Waals surface area contributed by atoms with Gasteiger partial charge in [-0.15, -0.1) is 0 Å². The van der Waals surface area contributed by atoms with E-state index in [1.165, 1.54) is 32.4 Å². The van der Waals surface area contributed by atoms with Gasteiger partial charge in [0, 0.05) is 19.2 Å². The Morgan fingerprint density at radius 2 is 1.94 bits per heavy atom. The summed E-state index contributed by atoms with van der Waals surface area (Å²) in [7, 11) is 2.89. The van der Waals surface area contributed by atoms with Gasteiger partial charge in [0.1, 0.15) is 17.2 Å². The highest BCUT2D eigenvalue weighted by molar-refractivity contribution is 6.02. The molecule has 1 aliphatic rings. The van der Waals surface area contributed by atoms with Gasteiger partial charge in [-0.3, -0.25) is 14.9 Å². The first-order valence-corrected chi connectivity index (χ1v) is 10.3. The second kappa shape index (κ2) is 10.1. The second-order valence-corrected chi connectivity index (χ2v) is 7.72. The summed E-state index contributed by atoms with van der Waals surface area (Å²) in [5.41, 5.74) is 0.542. The first-order valence-electron chi connectivity index (χ1n) is 10.3. The lowest BCUT2D eigenvalue weighted by atomic mass is 9.99. The molecule has 32 heavy (non-hydrogen) atoms. The van der Waals surface area contributed by atoms with E-state index in [1.54, 1.807) is 18.2 Å². The normalized spacial score (nSPS) is 15.7. The third-order valence-corrected chi connectivity index (χ3v) is 5.45. The lowest BCUT2D eigenvalue weighted by molar-refractivity contribution is -0.384. The average Bonchev–Trinajstić information content (AvgIpc) is 2.81. The molecule has 0 aliphatic carbocycles. The Morgan fingerprint density at radius 3 is 2.59 bits per heavy atom. The van der Waals surface area contributed by atoms with Crippen LogP contribution in [0.3, 0.4) is 0 Å². The van der Waals surface area contributed by atoms with Gasteiger partial charge in [-0.2, -0.15) is 0 Å². The van der Waals surface area contributed by atoms with Gasteiger partial charge in [0.25, 0.3) is 5.69 Å². The summed E-state index contributed by atoms with van der Waals surface area (Å²) < 4.78 is 15.4. The summed E-state index contributed by atoms with van der Waals surface area (Å²) in [6, 6.07) is 8.98. The van der Waals surface area contributed by atoms with Crippen molar-refractivity contribution in [2.45, 2.75) is 19.8 Å². The van der Waals surface area contributed by atoms with Crippen LogP contribution in [-0.2, 0) is 4.74 Å². The van der Waals surface area contributed by atoms with Crippen molar-refractivity contribution in [3.63, 3.8) is 0 Å². The molecule has 1 fully saturated rings. The van der Waals surface area contributed by atoms with Crippen molar-refractivity contribution >= 4 is 23.1 Å². The minimum absolute atomic E-state index is 0.0101. The van der Waals surface area contributed by atoms with E-state index in [0.717, 1.165) is 25.9 Å². The molecule has 0 N–H and O–H groups in total. The molecule has 0 radical (unpaired) electrons. The number of carbonyl (C=O) groups is 2. The molecule has 2 aromatic rings. The van der Waals surface area contributed by atoms with E-state index < -0.39 is 23.3 Å². The highest BCUT2D eigenvalue weighted by Gasteiger charge is 2.26. The molecule has 1 aliphatic heterocycles. The quantitative estimate of drug-likeness (QED) is 0.262. The molecule has 1 unspecified atom stereocenters. The van der Waals surface area contributed by atoms with Crippen LogP contribution >= 0.6 is 0 Å². The molecule has 0 saturated carbocycles. The molecule has 1 saturated heterocycles. The van der Waals surface area contributed by atoms with Gasteiger partial charge in [-0.1, -0.05) is 6.92 Å². The van der Waals surface area contributed by atoms with Crippen molar-refractivity contribution in [3.05, 3.63) is 57.6 Å². The smallest absolute Gasteiger partial charge is 0.338 e. The number of nitrogens with zero attached hydrogens (tertiary/aromatic N) is 2. The van der Waals surface area contributed by atoms with E-state index in [4.69, 9.17) is 14.2 Å². The summed E-state index contributed by atoms with van der Waals surface area (Å²) in [5.74, 6) is -0.0849. The van der Waals surface area contributed by atoms with E-state index in [0.29, 0.717) is 23.1 Å². The molecule has 0 aromatic heterocycles. The number of hydrogen-bond donors (Lipinski definition) is 0. The number of rotatable bonds is 8. The summed E-state index contributed by atoms with van der Waals surface area (Å²) >= 11 is 0. The number of nitro benzene ring substituents is 1. The molecule has 0 amide bonds. The van der Waals surface area contributed by atoms with Gasteiger partial charge in [-0.05, 0) is 49.1 Å². The van der Waals surface area contributed by atoms with Gasteiger partial charge in [0.05, 0.1) is 30.3 Å². The van der Waals surface area contributed by atoms with Crippen LogP contribution < -0.4 is 14.4 Å². The molecule has 2 aromatic carbocycles. The van der Waals surface area contributed by atoms with Gasteiger partial charge in [0.2, 0.25) is 5.78 Å². The molecule has 170 valence electrons. The molecule has 9 nitrogen and oxygen atoms in total. The lowest BCUT2D eigenvalue weighted by Gasteiger charge is -2.32. The summed E-state index contributed by atoms with van der Waals surface area (Å²) in [6.45, 7) is 3.02. The third kappa shape index (κ3) is 5.16. The number of hydrogen-bond acceptors (Lipinski definition) is 8. The maximum atomic E-state index is 12.6.